The molecule has 24 heavy (non-hydrogen) atoms. The molecule has 2 aromatic heterocycles. The van der Waals surface area contributed by atoms with Crippen molar-refractivity contribution in [2.45, 2.75) is 26.7 Å². The fourth-order valence-electron chi connectivity index (χ4n) is 3.06. The van der Waals surface area contributed by atoms with Gasteiger partial charge in [-0.3, -0.25) is 0 Å². The highest BCUT2D eigenvalue weighted by Gasteiger charge is 2.21. The quantitative estimate of drug-likeness (QED) is 0.509. The zero-order valence-electron chi connectivity index (χ0n) is 13.9. The molecule has 0 aliphatic rings. The average Bonchev–Trinajstić information content (AvgIpc) is 2.97. The second-order valence-electron chi connectivity index (χ2n) is 6.40. The van der Waals surface area contributed by atoms with E-state index in [1.165, 1.54) is 5.56 Å². The van der Waals surface area contributed by atoms with Gasteiger partial charge in [0.25, 0.3) is 0 Å². The molecule has 0 amide bonds. The SMILES string of the molecule is Cc1ccc(-n2nc(C(C)C)c3c(=O)oc4ccccc4c32)cc1. The van der Waals surface area contributed by atoms with Crippen molar-refractivity contribution in [1.29, 1.82) is 0 Å². The van der Waals surface area contributed by atoms with E-state index < -0.39 is 0 Å². The summed E-state index contributed by atoms with van der Waals surface area (Å²) in [4.78, 5) is 12.6. The van der Waals surface area contributed by atoms with Crippen molar-refractivity contribution < 1.29 is 4.42 Å². The van der Waals surface area contributed by atoms with Gasteiger partial charge in [-0.1, -0.05) is 43.7 Å². The summed E-state index contributed by atoms with van der Waals surface area (Å²) in [6.07, 6.45) is 0. The summed E-state index contributed by atoms with van der Waals surface area (Å²) in [5.74, 6) is 0.128. The first kappa shape index (κ1) is 14.7. The van der Waals surface area contributed by atoms with Crippen molar-refractivity contribution in [1.82, 2.24) is 9.78 Å². The van der Waals surface area contributed by atoms with Crippen LogP contribution in [0.1, 0.15) is 31.0 Å². The van der Waals surface area contributed by atoms with E-state index >= 15 is 0 Å². The van der Waals surface area contributed by atoms with Crippen molar-refractivity contribution in [3.05, 3.63) is 70.2 Å². The Morgan fingerprint density at radius 3 is 2.46 bits per heavy atom. The number of rotatable bonds is 2. The Morgan fingerprint density at radius 1 is 1.04 bits per heavy atom. The minimum absolute atomic E-state index is 0.128. The Hall–Kier alpha value is -2.88. The molecule has 4 nitrogen and oxygen atoms in total. The van der Waals surface area contributed by atoms with E-state index in [1.807, 2.05) is 67.1 Å². The van der Waals surface area contributed by atoms with Gasteiger partial charge >= 0.3 is 5.63 Å². The van der Waals surface area contributed by atoms with Crippen molar-refractivity contribution in [3.8, 4) is 5.69 Å². The molecule has 0 aliphatic heterocycles. The van der Waals surface area contributed by atoms with Gasteiger partial charge in [-0.15, -0.1) is 0 Å². The van der Waals surface area contributed by atoms with Gasteiger partial charge in [0.1, 0.15) is 11.0 Å². The topological polar surface area (TPSA) is 48.0 Å². The largest absolute Gasteiger partial charge is 0.422 e. The maximum atomic E-state index is 12.6. The van der Waals surface area contributed by atoms with E-state index in [4.69, 9.17) is 9.52 Å². The molecule has 0 saturated heterocycles. The van der Waals surface area contributed by atoms with Crippen LogP contribution in [0.3, 0.4) is 0 Å². The molecule has 0 atom stereocenters. The first-order valence-electron chi connectivity index (χ1n) is 8.08. The molecular weight excluding hydrogens is 300 g/mol. The summed E-state index contributed by atoms with van der Waals surface area (Å²) in [5.41, 5.74) is 3.96. The zero-order chi connectivity index (χ0) is 16.8. The Labute approximate surface area is 139 Å². The second-order valence-corrected chi connectivity index (χ2v) is 6.40. The monoisotopic (exact) mass is 318 g/mol. The first-order chi connectivity index (χ1) is 11.6. The van der Waals surface area contributed by atoms with Crippen LogP contribution in [-0.4, -0.2) is 9.78 Å². The lowest BCUT2D eigenvalue weighted by atomic mass is 10.1. The van der Waals surface area contributed by atoms with Crippen LogP contribution in [-0.2, 0) is 0 Å². The van der Waals surface area contributed by atoms with Crippen LogP contribution >= 0.6 is 0 Å². The third kappa shape index (κ3) is 2.14. The molecule has 0 saturated carbocycles. The molecule has 4 rings (SSSR count). The van der Waals surface area contributed by atoms with E-state index in [0.29, 0.717) is 11.0 Å². The molecule has 0 bridgehead atoms. The van der Waals surface area contributed by atoms with Crippen LogP contribution in [0, 0.1) is 6.92 Å². The van der Waals surface area contributed by atoms with Gasteiger partial charge in [0.2, 0.25) is 0 Å². The molecule has 2 heterocycles. The summed E-state index contributed by atoms with van der Waals surface area (Å²) in [5, 5.41) is 6.23. The third-order valence-corrected chi connectivity index (χ3v) is 4.29. The van der Waals surface area contributed by atoms with Crippen LogP contribution < -0.4 is 5.63 Å². The van der Waals surface area contributed by atoms with Crippen LogP contribution in [0.5, 0.6) is 0 Å². The number of aromatic nitrogens is 2. The number of benzene rings is 2. The molecule has 0 fully saturated rings. The van der Waals surface area contributed by atoms with E-state index in [-0.39, 0.29) is 11.5 Å². The van der Waals surface area contributed by atoms with Gasteiger partial charge in [-0.2, -0.15) is 5.10 Å². The van der Waals surface area contributed by atoms with E-state index in [1.54, 1.807) is 0 Å². The summed E-state index contributed by atoms with van der Waals surface area (Å²) >= 11 is 0. The molecule has 2 aromatic carbocycles. The molecule has 0 aliphatic carbocycles. The van der Waals surface area contributed by atoms with Gasteiger partial charge in [-0.05, 0) is 37.1 Å². The molecule has 0 spiro atoms. The highest BCUT2D eigenvalue weighted by atomic mass is 16.4. The zero-order valence-corrected chi connectivity index (χ0v) is 13.9. The molecular formula is C20H18N2O2. The highest BCUT2D eigenvalue weighted by Crippen LogP contribution is 2.30. The number of hydrogen-bond donors (Lipinski definition) is 0. The lowest BCUT2D eigenvalue weighted by molar-refractivity contribution is 0.568. The maximum Gasteiger partial charge on any atom is 0.347 e. The predicted octanol–water partition coefficient (Wildman–Crippen LogP) is 4.56. The second kappa shape index (κ2) is 5.34. The summed E-state index contributed by atoms with van der Waals surface area (Å²) in [6, 6.07) is 15.7. The van der Waals surface area contributed by atoms with Crippen molar-refractivity contribution in [2.24, 2.45) is 0 Å². The standard InChI is InChI=1S/C20H18N2O2/c1-12(2)18-17-19(15-6-4-5-7-16(15)24-20(17)23)22(21-18)14-10-8-13(3)9-11-14/h4-12H,1-3H3. The fraction of sp³-hybridized carbons (Fsp3) is 0.200. The van der Waals surface area contributed by atoms with Crippen LogP contribution in [0.15, 0.2) is 57.7 Å². The summed E-state index contributed by atoms with van der Waals surface area (Å²) in [6.45, 7) is 6.13. The molecule has 4 heteroatoms. The van der Waals surface area contributed by atoms with Gasteiger partial charge in [0, 0.05) is 5.39 Å². The maximum absolute atomic E-state index is 12.6. The average molecular weight is 318 g/mol. The lowest BCUT2D eigenvalue weighted by Gasteiger charge is -2.06. The number of nitrogens with zero attached hydrogens (tertiary/aromatic N) is 2. The summed E-state index contributed by atoms with van der Waals surface area (Å²) < 4.78 is 7.39. The molecule has 120 valence electrons. The molecule has 0 unspecified atom stereocenters. The number of fused-ring (bicyclic) bond motifs is 3. The predicted molar refractivity (Wildman–Crippen MR) is 95.9 cm³/mol. The minimum atomic E-state index is -0.328. The van der Waals surface area contributed by atoms with Gasteiger partial charge in [0.15, 0.2) is 0 Å². The van der Waals surface area contributed by atoms with Crippen molar-refractivity contribution in [2.75, 3.05) is 0 Å². The fourth-order valence-corrected chi connectivity index (χ4v) is 3.06. The summed E-state index contributed by atoms with van der Waals surface area (Å²) in [7, 11) is 0. The molecule has 0 N–H and O–H groups in total. The van der Waals surface area contributed by atoms with Crippen molar-refractivity contribution in [3.63, 3.8) is 0 Å². The smallest absolute Gasteiger partial charge is 0.347 e. The normalized spacial score (nSPS) is 11.7. The number of hydrogen-bond acceptors (Lipinski definition) is 3. The van der Waals surface area contributed by atoms with E-state index in [9.17, 15) is 4.79 Å². The Bertz CT molecular complexity index is 1100. The number of aryl methyl sites for hydroxylation is 1. The van der Waals surface area contributed by atoms with Crippen LogP contribution in [0.2, 0.25) is 0 Å². The highest BCUT2D eigenvalue weighted by molar-refractivity contribution is 6.03. The van der Waals surface area contributed by atoms with Crippen molar-refractivity contribution >= 4 is 21.9 Å². The van der Waals surface area contributed by atoms with Crippen LogP contribution in [0.25, 0.3) is 27.6 Å². The minimum Gasteiger partial charge on any atom is -0.422 e. The molecule has 0 radical (unpaired) electrons. The number of para-hydroxylation sites is 1. The third-order valence-electron chi connectivity index (χ3n) is 4.29. The van der Waals surface area contributed by atoms with Gasteiger partial charge in [0.05, 0.1) is 16.9 Å². The van der Waals surface area contributed by atoms with Gasteiger partial charge in [-0.25, -0.2) is 9.48 Å². The van der Waals surface area contributed by atoms with E-state index in [2.05, 4.69) is 6.92 Å². The van der Waals surface area contributed by atoms with E-state index in [0.717, 1.165) is 22.3 Å². The molecule has 4 aromatic rings. The lowest BCUT2D eigenvalue weighted by Crippen LogP contribution is -2.02. The van der Waals surface area contributed by atoms with Crippen LogP contribution in [0.4, 0.5) is 0 Å². The Balaban J connectivity index is 2.20. The Morgan fingerprint density at radius 2 is 1.75 bits per heavy atom. The van der Waals surface area contributed by atoms with Gasteiger partial charge < -0.3 is 4.42 Å². The first-order valence-corrected chi connectivity index (χ1v) is 8.08. The Kier molecular flexibility index (Phi) is 3.27.